The SMILES string of the molecule is Cc1ccc(CC(=O)N2CCC(CS(N)(=O)=O)C2)cn1. The molecule has 1 aromatic rings. The third-order valence-electron chi connectivity index (χ3n) is 3.43. The monoisotopic (exact) mass is 297 g/mol. The molecule has 2 heterocycles. The van der Waals surface area contributed by atoms with Crippen LogP contribution in [0.15, 0.2) is 18.3 Å². The number of rotatable bonds is 4. The Morgan fingerprint density at radius 1 is 1.50 bits per heavy atom. The maximum Gasteiger partial charge on any atom is 0.227 e. The van der Waals surface area contributed by atoms with Gasteiger partial charge in [0.05, 0.1) is 12.2 Å². The first-order chi connectivity index (χ1) is 9.33. The van der Waals surface area contributed by atoms with Gasteiger partial charge in [-0.15, -0.1) is 0 Å². The number of amides is 1. The molecule has 110 valence electrons. The summed E-state index contributed by atoms with van der Waals surface area (Å²) in [4.78, 5) is 18.0. The number of likely N-dealkylation sites (tertiary alicyclic amines) is 1. The molecule has 0 bridgehead atoms. The molecule has 0 spiro atoms. The fourth-order valence-electron chi connectivity index (χ4n) is 2.41. The van der Waals surface area contributed by atoms with E-state index in [1.807, 2.05) is 19.1 Å². The number of aryl methyl sites for hydroxylation is 1. The molecule has 2 rings (SSSR count). The van der Waals surface area contributed by atoms with Crippen molar-refractivity contribution in [2.45, 2.75) is 19.8 Å². The van der Waals surface area contributed by atoms with E-state index >= 15 is 0 Å². The van der Waals surface area contributed by atoms with Crippen LogP contribution in [0.25, 0.3) is 0 Å². The molecule has 0 radical (unpaired) electrons. The summed E-state index contributed by atoms with van der Waals surface area (Å²) in [7, 11) is -3.47. The maximum atomic E-state index is 12.1. The molecule has 0 aliphatic carbocycles. The number of nitrogens with two attached hydrogens (primary N) is 1. The molecule has 6 nitrogen and oxygen atoms in total. The summed E-state index contributed by atoms with van der Waals surface area (Å²) >= 11 is 0. The second-order valence-corrected chi connectivity index (χ2v) is 6.97. The first kappa shape index (κ1) is 14.9. The van der Waals surface area contributed by atoms with Gasteiger partial charge in [0.1, 0.15) is 0 Å². The lowest BCUT2D eigenvalue weighted by molar-refractivity contribution is -0.129. The van der Waals surface area contributed by atoms with Crippen LogP contribution in [-0.2, 0) is 21.2 Å². The van der Waals surface area contributed by atoms with Gasteiger partial charge in [0.2, 0.25) is 15.9 Å². The van der Waals surface area contributed by atoms with Crippen LogP contribution in [0.3, 0.4) is 0 Å². The van der Waals surface area contributed by atoms with E-state index in [0.29, 0.717) is 25.9 Å². The molecule has 0 saturated carbocycles. The smallest absolute Gasteiger partial charge is 0.227 e. The van der Waals surface area contributed by atoms with E-state index in [1.165, 1.54) is 0 Å². The Kier molecular flexibility index (Phi) is 4.39. The minimum absolute atomic E-state index is 0.00701. The van der Waals surface area contributed by atoms with Crippen molar-refractivity contribution >= 4 is 15.9 Å². The minimum atomic E-state index is -3.47. The van der Waals surface area contributed by atoms with E-state index in [-0.39, 0.29) is 17.6 Å². The van der Waals surface area contributed by atoms with E-state index in [4.69, 9.17) is 5.14 Å². The first-order valence-corrected chi connectivity index (χ1v) is 8.25. The topological polar surface area (TPSA) is 93.4 Å². The van der Waals surface area contributed by atoms with Gasteiger partial charge in [0, 0.05) is 25.0 Å². The quantitative estimate of drug-likeness (QED) is 0.851. The molecule has 20 heavy (non-hydrogen) atoms. The third-order valence-corrected chi connectivity index (χ3v) is 4.37. The maximum absolute atomic E-state index is 12.1. The lowest BCUT2D eigenvalue weighted by Gasteiger charge is -2.16. The molecule has 1 fully saturated rings. The van der Waals surface area contributed by atoms with Crippen LogP contribution < -0.4 is 5.14 Å². The Morgan fingerprint density at radius 2 is 2.25 bits per heavy atom. The lowest BCUT2D eigenvalue weighted by atomic mass is 10.1. The zero-order chi connectivity index (χ0) is 14.8. The highest BCUT2D eigenvalue weighted by atomic mass is 32.2. The number of aromatic nitrogens is 1. The number of hydrogen-bond donors (Lipinski definition) is 1. The number of nitrogens with zero attached hydrogens (tertiary/aromatic N) is 2. The van der Waals surface area contributed by atoms with Gasteiger partial charge in [-0.05, 0) is 30.9 Å². The van der Waals surface area contributed by atoms with Gasteiger partial charge in [-0.2, -0.15) is 0 Å². The lowest BCUT2D eigenvalue weighted by Crippen LogP contribution is -2.31. The van der Waals surface area contributed by atoms with Crippen molar-refractivity contribution in [3.63, 3.8) is 0 Å². The molecular formula is C13H19N3O3S. The highest BCUT2D eigenvalue weighted by Crippen LogP contribution is 2.18. The number of carbonyl (C=O) groups is 1. The molecule has 2 N–H and O–H groups in total. The zero-order valence-corrected chi connectivity index (χ0v) is 12.3. The van der Waals surface area contributed by atoms with Gasteiger partial charge in [0.25, 0.3) is 0 Å². The average molecular weight is 297 g/mol. The van der Waals surface area contributed by atoms with E-state index in [9.17, 15) is 13.2 Å². The van der Waals surface area contributed by atoms with Crippen molar-refractivity contribution in [3.05, 3.63) is 29.6 Å². The van der Waals surface area contributed by atoms with Crippen molar-refractivity contribution in [3.8, 4) is 0 Å². The Morgan fingerprint density at radius 3 is 2.85 bits per heavy atom. The van der Waals surface area contributed by atoms with E-state index in [0.717, 1.165) is 11.3 Å². The largest absolute Gasteiger partial charge is 0.342 e. The van der Waals surface area contributed by atoms with Gasteiger partial charge in [0.15, 0.2) is 0 Å². The number of hydrogen-bond acceptors (Lipinski definition) is 4. The Labute approximate surface area is 119 Å². The summed E-state index contributed by atoms with van der Waals surface area (Å²) < 4.78 is 22.1. The van der Waals surface area contributed by atoms with Crippen LogP contribution in [0.5, 0.6) is 0 Å². The van der Waals surface area contributed by atoms with Crippen LogP contribution in [-0.4, -0.2) is 43.1 Å². The Balaban J connectivity index is 1.90. The summed E-state index contributed by atoms with van der Waals surface area (Å²) in [6.45, 7) is 2.96. The number of primary sulfonamides is 1. The van der Waals surface area contributed by atoms with Crippen LogP contribution >= 0.6 is 0 Å². The van der Waals surface area contributed by atoms with Crippen LogP contribution in [0.4, 0.5) is 0 Å². The normalized spacial score (nSPS) is 19.3. The standard InChI is InChI=1S/C13H19N3O3S/c1-10-2-3-11(7-15-10)6-13(17)16-5-4-12(8-16)9-20(14,18)19/h2-3,7,12H,4-6,8-9H2,1H3,(H2,14,18,19). The predicted octanol–water partition coefficient (Wildman–Crippen LogP) is 0.0695. The average Bonchev–Trinajstić information content (AvgIpc) is 2.78. The molecule has 1 aliphatic heterocycles. The molecule has 0 aromatic carbocycles. The zero-order valence-electron chi connectivity index (χ0n) is 11.4. The highest BCUT2D eigenvalue weighted by molar-refractivity contribution is 7.89. The first-order valence-electron chi connectivity index (χ1n) is 6.53. The summed E-state index contributed by atoms with van der Waals surface area (Å²) in [6.07, 6.45) is 2.69. The number of carbonyl (C=O) groups excluding carboxylic acids is 1. The molecular weight excluding hydrogens is 278 g/mol. The van der Waals surface area contributed by atoms with Gasteiger partial charge < -0.3 is 4.90 Å². The van der Waals surface area contributed by atoms with E-state index in [1.54, 1.807) is 11.1 Å². The van der Waals surface area contributed by atoms with Gasteiger partial charge in [-0.25, -0.2) is 13.6 Å². The van der Waals surface area contributed by atoms with Crippen molar-refractivity contribution in [1.82, 2.24) is 9.88 Å². The van der Waals surface area contributed by atoms with Crippen molar-refractivity contribution < 1.29 is 13.2 Å². The molecule has 1 atom stereocenters. The second kappa shape index (κ2) is 5.88. The fraction of sp³-hybridized carbons (Fsp3) is 0.538. The highest BCUT2D eigenvalue weighted by Gasteiger charge is 2.28. The predicted molar refractivity (Wildman–Crippen MR) is 75.3 cm³/mol. The molecule has 1 amide bonds. The van der Waals surface area contributed by atoms with Gasteiger partial charge in [-0.3, -0.25) is 9.78 Å². The second-order valence-electron chi connectivity index (χ2n) is 5.31. The number of sulfonamides is 1. The van der Waals surface area contributed by atoms with Crippen LogP contribution in [0.2, 0.25) is 0 Å². The minimum Gasteiger partial charge on any atom is -0.342 e. The summed E-state index contributed by atoms with van der Waals surface area (Å²) in [5.41, 5.74) is 1.78. The Bertz CT molecular complexity index is 583. The Hall–Kier alpha value is -1.47. The molecule has 1 saturated heterocycles. The van der Waals surface area contributed by atoms with E-state index in [2.05, 4.69) is 4.98 Å². The molecule has 1 aliphatic rings. The molecule has 7 heteroatoms. The molecule has 1 aromatic heterocycles. The summed E-state index contributed by atoms with van der Waals surface area (Å²) in [5.74, 6) is -0.0965. The fourth-order valence-corrected chi connectivity index (χ4v) is 3.34. The third kappa shape index (κ3) is 4.28. The van der Waals surface area contributed by atoms with Crippen molar-refractivity contribution in [2.24, 2.45) is 11.1 Å². The van der Waals surface area contributed by atoms with Gasteiger partial charge >= 0.3 is 0 Å². The summed E-state index contributed by atoms with van der Waals surface area (Å²) in [6, 6.07) is 3.76. The van der Waals surface area contributed by atoms with Gasteiger partial charge in [-0.1, -0.05) is 6.07 Å². The number of pyridine rings is 1. The van der Waals surface area contributed by atoms with Crippen molar-refractivity contribution in [2.75, 3.05) is 18.8 Å². The van der Waals surface area contributed by atoms with Crippen LogP contribution in [0.1, 0.15) is 17.7 Å². The van der Waals surface area contributed by atoms with E-state index < -0.39 is 10.0 Å². The van der Waals surface area contributed by atoms with Crippen molar-refractivity contribution in [1.29, 1.82) is 0 Å². The van der Waals surface area contributed by atoms with Crippen LogP contribution in [0, 0.1) is 12.8 Å². The summed E-state index contributed by atoms with van der Waals surface area (Å²) in [5, 5.41) is 5.04. The molecule has 1 unspecified atom stereocenters.